The van der Waals surface area contributed by atoms with Gasteiger partial charge in [0.1, 0.15) is 0 Å². The van der Waals surface area contributed by atoms with Crippen LogP contribution in [0.4, 0.5) is 0 Å². The summed E-state index contributed by atoms with van der Waals surface area (Å²) >= 11 is 0. The molecular weight excluding hydrogens is 206 g/mol. The predicted molar refractivity (Wildman–Crippen MR) is 62.2 cm³/mol. The van der Waals surface area contributed by atoms with Crippen molar-refractivity contribution in [3.05, 3.63) is 0 Å². The number of hydrogen-bond acceptors (Lipinski definition) is 4. The summed E-state index contributed by atoms with van der Waals surface area (Å²) in [6.07, 6.45) is 1.96. The zero-order chi connectivity index (χ0) is 12.0. The molecule has 1 fully saturated rings. The van der Waals surface area contributed by atoms with Crippen molar-refractivity contribution in [3.8, 4) is 0 Å². The summed E-state index contributed by atoms with van der Waals surface area (Å²) < 4.78 is 10.0. The maximum atomic E-state index is 11.2. The molecule has 1 aliphatic rings. The maximum Gasteiger partial charge on any atom is 0.308 e. The third kappa shape index (κ3) is 4.49. The van der Waals surface area contributed by atoms with Crippen LogP contribution in [0.1, 0.15) is 26.7 Å². The number of carbonyl (C=O) groups is 1. The predicted octanol–water partition coefficient (Wildman–Crippen LogP) is 1.20. The molecule has 4 heteroatoms. The van der Waals surface area contributed by atoms with Crippen LogP contribution in [-0.4, -0.2) is 38.9 Å². The molecule has 4 nitrogen and oxygen atoms in total. The third-order valence-corrected chi connectivity index (χ3v) is 3.09. The van der Waals surface area contributed by atoms with E-state index >= 15 is 0 Å². The Bertz CT molecular complexity index is 214. The minimum atomic E-state index is -0.127. The molecule has 1 saturated heterocycles. The van der Waals surface area contributed by atoms with Gasteiger partial charge >= 0.3 is 5.97 Å². The van der Waals surface area contributed by atoms with Gasteiger partial charge in [0, 0.05) is 19.2 Å². The molecule has 0 amide bonds. The lowest BCUT2D eigenvalue weighted by molar-refractivity contribution is -0.145. The summed E-state index contributed by atoms with van der Waals surface area (Å²) in [4.78, 5) is 11.2. The first-order valence-corrected chi connectivity index (χ1v) is 6.02. The van der Waals surface area contributed by atoms with Crippen molar-refractivity contribution in [3.63, 3.8) is 0 Å². The van der Waals surface area contributed by atoms with Crippen molar-refractivity contribution in [2.24, 2.45) is 11.8 Å². The SMILES string of the molecule is COC(=O)C(C)CC(C)NCC1CCOC1. The first-order valence-electron chi connectivity index (χ1n) is 6.02. The Hall–Kier alpha value is -0.610. The summed E-state index contributed by atoms with van der Waals surface area (Å²) in [6.45, 7) is 6.75. The van der Waals surface area contributed by atoms with E-state index in [-0.39, 0.29) is 11.9 Å². The third-order valence-electron chi connectivity index (χ3n) is 3.09. The molecule has 3 unspecified atom stereocenters. The van der Waals surface area contributed by atoms with E-state index < -0.39 is 0 Å². The average Bonchev–Trinajstić information content (AvgIpc) is 2.78. The molecule has 1 N–H and O–H groups in total. The highest BCUT2D eigenvalue weighted by atomic mass is 16.5. The Labute approximate surface area is 97.7 Å². The van der Waals surface area contributed by atoms with Crippen molar-refractivity contribution in [1.82, 2.24) is 5.32 Å². The van der Waals surface area contributed by atoms with Crippen LogP contribution in [0.2, 0.25) is 0 Å². The highest BCUT2D eigenvalue weighted by Gasteiger charge is 2.19. The highest BCUT2D eigenvalue weighted by Crippen LogP contribution is 2.12. The summed E-state index contributed by atoms with van der Waals surface area (Å²) in [6, 6.07) is 0.342. The molecule has 0 saturated carbocycles. The first kappa shape index (κ1) is 13.5. The van der Waals surface area contributed by atoms with E-state index in [1.54, 1.807) is 0 Å². The van der Waals surface area contributed by atoms with Crippen LogP contribution in [0.3, 0.4) is 0 Å². The molecule has 1 heterocycles. The van der Waals surface area contributed by atoms with Gasteiger partial charge in [-0.2, -0.15) is 0 Å². The first-order chi connectivity index (χ1) is 7.63. The maximum absolute atomic E-state index is 11.2. The van der Waals surface area contributed by atoms with Crippen LogP contribution in [0.15, 0.2) is 0 Å². The van der Waals surface area contributed by atoms with Gasteiger partial charge in [-0.1, -0.05) is 6.92 Å². The lowest BCUT2D eigenvalue weighted by Gasteiger charge is -2.18. The van der Waals surface area contributed by atoms with Crippen LogP contribution in [0, 0.1) is 11.8 Å². The molecule has 0 aliphatic carbocycles. The van der Waals surface area contributed by atoms with Gasteiger partial charge < -0.3 is 14.8 Å². The van der Waals surface area contributed by atoms with E-state index in [1.165, 1.54) is 7.11 Å². The van der Waals surface area contributed by atoms with Crippen molar-refractivity contribution in [1.29, 1.82) is 0 Å². The zero-order valence-corrected chi connectivity index (χ0v) is 10.5. The van der Waals surface area contributed by atoms with Crippen LogP contribution < -0.4 is 5.32 Å². The molecule has 0 aromatic heterocycles. The quantitative estimate of drug-likeness (QED) is 0.695. The van der Waals surface area contributed by atoms with E-state index in [2.05, 4.69) is 12.2 Å². The van der Waals surface area contributed by atoms with E-state index in [0.29, 0.717) is 12.0 Å². The Balaban J connectivity index is 2.14. The molecule has 3 atom stereocenters. The Morgan fingerprint density at radius 1 is 1.56 bits per heavy atom. The van der Waals surface area contributed by atoms with Gasteiger partial charge in [0.25, 0.3) is 0 Å². The number of carbonyl (C=O) groups excluding carboxylic acids is 1. The van der Waals surface area contributed by atoms with Gasteiger partial charge in [-0.25, -0.2) is 0 Å². The van der Waals surface area contributed by atoms with Gasteiger partial charge in [-0.3, -0.25) is 4.79 Å². The van der Waals surface area contributed by atoms with E-state index in [4.69, 9.17) is 9.47 Å². The molecule has 0 aromatic rings. The molecule has 0 spiro atoms. The summed E-state index contributed by atoms with van der Waals surface area (Å²) in [7, 11) is 1.44. The second kappa shape index (κ2) is 6.86. The van der Waals surface area contributed by atoms with Gasteiger partial charge in [0.05, 0.1) is 19.6 Å². The smallest absolute Gasteiger partial charge is 0.308 e. The van der Waals surface area contributed by atoms with Crippen molar-refractivity contribution < 1.29 is 14.3 Å². The van der Waals surface area contributed by atoms with Crippen LogP contribution in [-0.2, 0) is 14.3 Å². The normalized spacial score (nSPS) is 24.1. The minimum absolute atomic E-state index is 0.0349. The summed E-state index contributed by atoms with van der Waals surface area (Å²) in [5.41, 5.74) is 0. The van der Waals surface area contributed by atoms with Crippen molar-refractivity contribution in [2.75, 3.05) is 26.9 Å². The van der Waals surface area contributed by atoms with Crippen LogP contribution in [0.25, 0.3) is 0 Å². The lowest BCUT2D eigenvalue weighted by Crippen LogP contribution is -2.34. The van der Waals surface area contributed by atoms with Gasteiger partial charge in [0.15, 0.2) is 0 Å². The van der Waals surface area contributed by atoms with E-state index in [1.807, 2.05) is 6.92 Å². The Morgan fingerprint density at radius 2 is 2.31 bits per heavy atom. The van der Waals surface area contributed by atoms with Crippen LogP contribution >= 0.6 is 0 Å². The van der Waals surface area contributed by atoms with E-state index in [0.717, 1.165) is 32.6 Å². The van der Waals surface area contributed by atoms with Crippen molar-refractivity contribution in [2.45, 2.75) is 32.7 Å². The fraction of sp³-hybridized carbons (Fsp3) is 0.917. The average molecular weight is 229 g/mol. The van der Waals surface area contributed by atoms with Gasteiger partial charge in [0.2, 0.25) is 0 Å². The minimum Gasteiger partial charge on any atom is -0.469 e. The van der Waals surface area contributed by atoms with Crippen molar-refractivity contribution >= 4 is 5.97 Å². The second-order valence-electron chi connectivity index (χ2n) is 4.70. The van der Waals surface area contributed by atoms with E-state index in [9.17, 15) is 4.79 Å². The highest BCUT2D eigenvalue weighted by molar-refractivity contribution is 5.71. The fourth-order valence-electron chi connectivity index (χ4n) is 2.02. The molecule has 1 aliphatic heterocycles. The monoisotopic (exact) mass is 229 g/mol. The fourth-order valence-corrected chi connectivity index (χ4v) is 2.02. The largest absolute Gasteiger partial charge is 0.469 e. The second-order valence-corrected chi connectivity index (χ2v) is 4.70. The Morgan fingerprint density at radius 3 is 2.88 bits per heavy atom. The zero-order valence-electron chi connectivity index (χ0n) is 10.5. The molecule has 0 aromatic carbocycles. The molecule has 1 rings (SSSR count). The molecule has 0 bridgehead atoms. The number of hydrogen-bond donors (Lipinski definition) is 1. The Kier molecular flexibility index (Phi) is 5.77. The number of rotatable bonds is 6. The van der Waals surface area contributed by atoms with Gasteiger partial charge in [-0.05, 0) is 25.7 Å². The number of nitrogens with one attached hydrogen (secondary N) is 1. The van der Waals surface area contributed by atoms with Crippen LogP contribution in [0.5, 0.6) is 0 Å². The molecule has 94 valence electrons. The summed E-state index contributed by atoms with van der Waals surface area (Å²) in [5, 5.41) is 3.45. The molecule has 16 heavy (non-hydrogen) atoms. The number of esters is 1. The molecular formula is C12H23NO3. The lowest BCUT2D eigenvalue weighted by atomic mass is 10.0. The number of ether oxygens (including phenoxy) is 2. The summed E-state index contributed by atoms with van der Waals surface area (Å²) in [5.74, 6) is 0.473. The molecule has 0 radical (unpaired) electrons. The topological polar surface area (TPSA) is 47.6 Å². The number of methoxy groups -OCH3 is 1. The van der Waals surface area contributed by atoms with Gasteiger partial charge in [-0.15, -0.1) is 0 Å². The standard InChI is InChI=1S/C12H23NO3/c1-9(12(14)15-3)6-10(2)13-7-11-4-5-16-8-11/h9-11,13H,4-8H2,1-3H3.